The first-order valence-electron chi connectivity index (χ1n) is 10.2. The molecule has 1 saturated heterocycles. The number of likely N-dealkylation sites (tertiary alicyclic amines) is 1. The van der Waals surface area contributed by atoms with E-state index < -0.39 is 0 Å². The van der Waals surface area contributed by atoms with Gasteiger partial charge in [-0.15, -0.1) is 0 Å². The summed E-state index contributed by atoms with van der Waals surface area (Å²) in [5, 5.41) is 6.88. The van der Waals surface area contributed by atoms with Gasteiger partial charge in [0.15, 0.2) is 0 Å². The number of hydrogen-bond donors (Lipinski definition) is 2. The lowest BCUT2D eigenvalue weighted by molar-refractivity contribution is 0.174. The number of nitrogens with zero attached hydrogens (tertiary/aromatic N) is 2. The number of carbonyl (C=O) groups is 1. The topological polar surface area (TPSA) is 49.3 Å². The van der Waals surface area contributed by atoms with Gasteiger partial charge in [0.25, 0.3) is 0 Å². The van der Waals surface area contributed by atoms with Gasteiger partial charge in [-0.2, -0.15) is 0 Å². The number of benzene rings is 2. The summed E-state index contributed by atoms with van der Waals surface area (Å²) in [6, 6.07) is 18.8. The summed E-state index contributed by atoms with van der Waals surface area (Å²) in [6.07, 6.45) is 3.90. The lowest BCUT2D eigenvalue weighted by Gasteiger charge is -2.46. The average Bonchev–Trinajstić information content (AvgIpc) is 3.19. The van der Waals surface area contributed by atoms with Crippen molar-refractivity contribution in [2.75, 3.05) is 23.7 Å². The lowest BCUT2D eigenvalue weighted by atomic mass is 9.82. The average molecular weight is 386 g/mol. The van der Waals surface area contributed by atoms with Crippen LogP contribution >= 0.6 is 0 Å². The van der Waals surface area contributed by atoms with Crippen LogP contribution < -0.4 is 10.6 Å². The third kappa shape index (κ3) is 3.07. The molecule has 5 rings (SSSR count). The molecule has 148 valence electrons. The number of carbonyl (C=O) groups excluding carboxylic acids is 1. The van der Waals surface area contributed by atoms with Crippen molar-refractivity contribution in [2.45, 2.75) is 32.2 Å². The fraction of sp³-hybridized carbons (Fsp3) is 0.292. The number of piperidine rings is 1. The molecule has 2 aromatic carbocycles. The Labute approximate surface area is 171 Å². The van der Waals surface area contributed by atoms with Gasteiger partial charge in [0.05, 0.1) is 16.9 Å². The van der Waals surface area contributed by atoms with Gasteiger partial charge in [-0.05, 0) is 74.2 Å². The largest absolute Gasteiger partial charge is 0.372 e. The van der Waals surface area contributed by atoms with E-state index in [2.05, 4.69) is 58.7 Å². The first-order chi connectivity index (χ1) is 14.0. The van der Waals surface area contributed by atoms with Crippen molar-refractivity contribution in [3.05, 3.63) is 77.6 Å². The summed E-state index contributed by atoms with van der Waals surface area (Å²) in [7, 11) is 0. The molecule has 29 heavy (non-hydrogen) atoms. The monoisotopic (exact) mass is 386 g/mol. The highest BCUT2D eigenvalue weighted by Gasteiger charge is 2.42. The minimum Gasteiger partial charge on any atom is -0.372 e. The van der Waals surface area contributed by atoms with Gasteiger partial charge in [-0.1, -0.05) is 18.2 Å². The van der Waals surface area contributed by atoms with Crippen LogP contribution in [0.15, 0.2) is 60.8 Å². The molecule has 1 spiro atoms. The van der Waals surface area contributed by atoms with Crippen LogP contribution in [0.1, 0.15) is 29.7 Å². The molecule has 2 N–H and O–H groups in total. The summed E-state index contributed by atoms with van der Waals surface area (Å²) in [5.74, 6) is 0. The minimum absolute atomic E-state index is 0.0205. The third-order valence-electron chi connectivity index (χ3n) is 6.20. The number of urea groups is 1. The molecule has 2 amide bonds. The molecule has 0 aliphatic carbocycles. The Morgan fingerprint density at radius 1 is 1.00 bits per heavy atom. The quantitative estimate of drug-likeness (QED) is 0.615. The van der Waals surface area contributed by atoms with E-state index in [1.54, 1.807) is 0 Å². The third-order valence-corrected chi connectivity index (χ3v) is 6.20. The van der Waals surface area contributed by atoms with Gasteiger partial charge in [0.2, 0.25) is 0 Å². The molecule has 0 bridgehead atoms. The molecule has 2 aliphatic heterocycles. The van der Waals surface area contributed by atoms with Crippen LogP contribution in [-0.4, -0.2) is 28.6 Å². The molecule has 1 aromatic heterocycles. The van der Waals surface area contributed by atoms with E-state index in [1.165, 1.54) is 22.6 Å². The van der Waals surface area contributed by atoms with Crippen molar-refractivity contribution in [1.29, 1.82) is 0 Å². The highest BCUT2D eigenvalue weighted by atomic mass is 16.2. The van der Waals surface area contributed by atoms with E-state index in [-0.39, 0.29) is 11.6 Å². The fourth-order valence-corrected chi connectivity index (χ4v) is 4.66. The van der Waals surface area contributed by atoms with Crippen molar-refractivity contribution in [2.24, 2.45) is 0 Å². The molecule has 1 fully saturated rings. The van der Waals surface area contributed by atoms with Crippen molar-refractivity contribution in [3.8, 4) is 5.69 Å². The van der Waals surface area contributed by atoms with E-state index in [4.69, 9.17) is 0 Å². The summed E-state index contributed by atoms with van der Waals surface area (Å²) in [4.78, 5) is 14.7. The smallest absolute Gasteiger partial charge is 0.321 e. The molecule has 0 radical (unpaired) electrons. The van der Waals surface area contributed by atoms with Gasteiger partial charge in [0.1, 0.15) is 0 Å². The number of fused-ring (bicyclic) bond motifs is 4. The molecule has 2 aliphatic rings. The Morgan fingerprint density at radius 3 is 2.59 bits per heavy atom. The number of nitrogens with one attached hydrogen (secondary N) is 2. The van der Waals surface area contributed by atoms with Gasteiger partial charge in [-0.3, -0.25) is 0 Å². The standard InChI is InChI=1S/C24H26N4O/c1-17-5-3-6-19(15-17)25-23(29)27-13-10-24(11-14-27)22-7-4-12-28(22)21-9-8-18(2)16-20(21)26-24/h3-9,12,15-16,26H,10-11,13-14H2,1-2H3,(H,25,29). The molecule has 0 saturated carbocycles. The van der Waals surface area contributed by atoms with Crippen LogP contribution in [0, 0.1) is 13.8 Å². The van der Waals surface area contributed by atoms with E-state index in [0.29, 0.717) is 0 Å². The second-order valence-corrected chi connectivity index (χ2v) is 8.28. The van der Waals surface area contributed by atoms with Crippen molar-refractivity contribution in [1.82, 2.24) is 9.47 Å². The van der Waals surface area contributed by atoms with Crippen molar-refractivity contribution < 1.29 is 4.79 Å². The maximum Gasteiger partial charge on any atom is 0.321 e. The zero-order valence-electron chi connectivity index (χ0n) is 16.9. The molecule has 0 unspecified atom stereocenters. The number of amides is 2. The molecule has 0 atom stereocenters. The first-order valence-corrected chi connectivity index (χ1v) is 10.2. The number of aromatic nitrogens is 1. The van der Waals surface area contributed by atoms with Crippen LogP contribution in [0.2, 0.25) is 0 Å². The minimum atomic E-state index is -0.135. The van der Waals surface area contributed by atoms with E-state index in [1.807, 2.05) is 36.1 Å². The summed E-state index contributed by atoms with van der Waals surface area (Å²) < 4.78 is 2.30. The van der Waals surface area contributed by atoms with Gasteiger partial charge < -0.3 is 20.1 Å². The van der Waals surface area contributed by atoms with E-state index in [0.717, 1.165) is 37.2 Å². The Morgan fingerprint density at radius 2 is 1.79 bits per heavy atom. The highest BCUT2D eigenvalue weighted by molar-refractivity contribution is 5.89. The lowest BCUT2D eigenvalue weighted by Crippen LogP contribution is -2.51. The molecular formula is C24H26N4O. The fourth-order valence-electron chi connectivity index (χ4n) is 4.66. The van der Waals surface area contributed by atoms with Gasteiger partial charge >= 0.3 is 6.03 Å². The molecule has 3 aromatic rings. The zero-order chi connectivity index (χ0) is 20.0. The Kier molecular flexibility index (Phi) is 4.12. The van der Waals surface area contributed by atoms with Crippen LogP contribution in [0.4, 0.5) is 16.2 Å². The number of hydrogen-bond acceptors (Lipinski definition) is 2. The number of anilines is 2. The van der Waals surface area contributed by atoms with Crippen molar-refractivity contribution >= 4 is 17.4 Å². The van der Waals surface area contributed by atoms with E-state index >= 15 is 0 Å². The Hall–Kier alpha value is -3.21. The molecule has 5 heteroatoms. The van der Waals surface area contributed by atoms with Gasteiger partial charge in [-0.25, -0.2) is 4.79 Å². The number of aryl methyl sites for hydroxylation is 2. The maximum absolute atomic E-state index is 12.8. The van der Waals surface area contributed by atoms with Crippen LogP contribution in [-0.2, 0) is 5.54 Å². The predicted molar refractivity (Wildman–Crippen MR) is 117 cm³/mol. The summed E-state index contributed by atoms with van der Waals surface area (Å²) in [6.45, 7) is 5.59. The molecule has 5 nitrogen and oxygen atoms in total. The maximum atomic E-state index is 12.8. The molecule has 3 heterocycles. The predicted octanol–water partition coefficient (Wildman–Crippen LogP) is 5.04. The van der Waals surface area contributed by atoms with Crippen LogP contribution in [0.25, 0.3) is 5.69 Å². The Balaban J connectivity index is 1.35. The van der Waals surface area contributed by atoms with Gasteiger partial charge in [0, 0.05) is 30.7 Å². The normalized spacial score (nSPS) is 16.7. The summed E-state index contributed by atoms with van der Waals surface area (Å²) >= 11 is 0. The zero-order valence-corrected chi connectivity index (χ0v) is 16.9. The Bertz CT molecular complexity index is 1080. The van der Waals surface area contributed by atoms with E-state index in [9.17, 15) is 4.79 Å². The van der Waals surface area contributed by atoms with Crippen molar-refractivity contribution in [3.63, 3.8) is 0 Å². The van der Waals surface area contributed by atoms with Crippen LogP contribution in [0.5, 0.6) is 0 Å². The summed E-state index contributed by atoms with van der Waals surface area (Å²) in [5.41, 5.74) is 6.76. The second-order valence-electron chi connectivity index (χ2n) is 8.28. The molecular weight excluding hydrogens is 360 g/mol. The highest BCUT2D eigenvalue weighted by Crippen LogP contribution is 2.43. The first kappa shape index (κ1) is 17.9. The SMILES string of the molecule is Cc1cccc(NC(=O)N2CCC3(CC2)Nc2cc(C)ccc2-n2cccc23)c1. The second kappa shape index (κ2) is 6.69. The number of rotatable bonds is 1. The van der Waals surface area contributed by atoms with Crippen LogP contribution in [0.3, 0.4) is 0 Å².